The van der Waals surface area contributed by atoms with Crippen molar-refractivity contribution >= 4 is 22.6 Å². The third kappa shape index (κ3) is 4.28. The molecule has 0 N–H and O–H groups in total. The van der Waals surface area contributed by atoms with Crippen LogP contribution in [0, 0.1) is 3.57 Å². The highest BCUT2D eigenvalue weighted by molar-refractivity contribution is 14.1. The number of unbranched alkanes of at least 4 members (excludes halogenated alkanes) is 1. The molecule has 1 unspecified atom stereocenters. The van der Waals surface area contributed by atoms with Crippen molar-refractivity contribution in [1.29, 1.82) is 0 Å². The zero-order valence-electron chi connectivity index (χ0n) is 9.80. The maximum Gasteiger partial charge on any atom is 0.120 e. The van der Waals surface area contributed by atoms with Gasteiger partial charge in [0.05, 0.1) is 13.3 Å². The summed E-state index contributed by atoms with van der Waals surface area (Å²) in [5.74, 6) is 0.805. The molecule has 0 saturated carbocycles. The molecule has 0 aliphatic heterocycles. The van der Waals surface area contributed by atoms with Gasteiger partial charge in [-0.3, -0.25) is 4.39 Å². The fraction of sp³-hybridized carbons (Fsp3) is 0.538. The molecule has 0 aliphatic rings. The molecule has 90 valence electrons. The van der Waals surface area contributed by atoms with Crippen LogP contribution in [0.5, 0.6) is 5.75 Å². The molecule has 0 radical (unpaired) electrons. The third-order valence-corrected chi connectivity index (χ3v) is 3.08. The van der Waals surface area contributed by atoms with E-state index in [9.17, 15) is 4.39 Å². The lowest BCUT2D eigenvalue weighted by Gasteiger charge is -2.11. The van der Waals surface area contributed by atoms with Crippen molar-refractivity contribution in [2.75, 3.05) is 13.3 Å². The fourth-order valence-electron chi connectivity index (χ4n) is 1.38. The molecule has 0 spiro atoms. The fourth-order valence-corrected chi connectivity index (χ4v) is 2.04. The Labute approximate surface area is 111 Å². The number of halogens is 2. The normalized spacial score (nSPS) is 12.5. The highest BCUT2D eigenvalue weighted by Gasteiger charge is 2.07. The maximum atomic E-state index is 12.6. The summed E-state index contributed by atoms with van der Waals surface area (Å²) in [6, 6.07) is 5.95. The van der Waals surface area contributed by atoms with Gasteiger partial charge in [0.15, 0.2) is 0 Å². The number of rotatable bonds is 6. The maximum absolute atomic E-state index is 12.6. The van der Waals surface area contributed by atoms with Gasteiger partial charge in [-0.15, -0.1) is 0 Å². The van der Waals surface area contributed by atoms with Crippen molar-refractivity contribution in [2.45, 2.75) is 32.6 Å². The Morgan fingerprint density at radius 2 is 2.12 bits per heavy atom. The van der Waals surface area contributed by atoms with Crippen LogP contribution in [0.3, 0.4) is 0 Å². The van der Waals surface area contributed by atoms with Gasteiger partial charge in [0.25, 0.3) is 0 Å². The Morgan fingerprint density at radius 3 is 2.75 bits per heavy atom. The van der Waals surface area contributed by atoms with Crippen molar-refractivity contribution in [3.8, 4) is 5.75 Å². The van der Waals surface area contributed by atoms with Gasteiger partial charge in [-0.1, -0.05) is 20.3 Å². The number of ether oxygens (including phenoxy) is 1. The quantitative estimate of drug-likeness (QED) is 0.547. The van der Waals surface area contributed by atoms with Crippen molar-refractivity contribution in [3.05, 3.63) is 27.3 Å². The molecule has 1 atom stereocenters. The van der Waals surface area contributed by atoms with Gasteiger partial charge in [0.1, 0.15) is 5.75 Å². The van der Waals surface area contributed by atoms with Gasteiger partial charge in [-0.05, 0) is 52.8 Å². The van der Waals surface area contributed by atoms with Gasteiger partial charge >= 0.3 is 0 Å². The van der Waals surface area contributed by atoms with Crippen LogP contribution in [-0.4, -0.2) is 13.3 Å². The Morgan fingerprint density at radius 1 is 1.38 bits per heavy atom. The molecular formula is C13H18FIO. The predicted molar refractivity (Wildman–Crippen MR) is 74.0 cm³/mol. The molecule has 1 aromatic rings. The molecule has 1 nitrogen and oxygen atoms in total. The van der Waals surface area contributed by atoms with E-state index in [2.05, 4.69) is 29.5 Å². The van der Waals surface area contributed by atoms with E-state index in [0.29, 0.717) is 0 Å². The lowest BCUT2D eigenvalue weighted by molar-refractivity contribution is 0.308. The zero-order valence-corrected chi connectivity index (χ0v) is 12.0. The zero-order chi connectivity index (χ0) is 12.0. The second-order valence-electron chi connectivity index (χ2n) is 3.98. The first-order valence-electron chi connectivity index (χ1n) is 5.66. The van der Waals surface area contributed by atoms with Crippen molar-refractivity contribution in [2.24, 2.45) is 0 Å². The standard InChI is InChI=1S/C13H18FIO/c1-3-4-5-16-13-7-11(10(2)9-14)6-12(15)8-13/h6-8,10H,3-5,9H2,1-2H3. The van der Waals surface area contributed by atoms with Crippen molar-refractivity contribution in [1.82, 2.24) is 0 Å². The molecule has 0 aromatic heterocycles. The molecule has 1 rings (SSSR count). The molecule has 0 saturated heterocycles. The van der Waals surface area contributed by atoms with E-state index in [1.54, 1.807) is 0 Å². The topological polar surface area (TPSA) is 9.23 Å². The second-order valence-corrected chi connectivity index (χ2v) is 5.22. The molecule has 0 amide bonds. The Hall–Kier alpha value is -0.320. The summed E-state index contributed by atoms with van der Waals surface area (Å²) in [5.41, 5.74) is 1.01. The SMILES string of the molecule is CCCCOc1cc(I)cc(C(C)CF)c1. The van der Waals surface area contributed by atoms with E-state index in [0.717, 1.165) is 34.3 Å². The minimum absolute atomic E-state index is 0.0526. The number of alkyl halides is 1. The molecule has 0 heterocycles. The number of hydrogen-bond acceptors (Lipinski definition) is 1. The van der Waals surface area contributed by atoms with Crippen LogP contribution in [0.15, 0.2) is 18.2 Å². The predicted octanol–water partition coefficient (Wildman–Crippen LogP) is 4.54. The highest BCUT2D eigenvalue weighted by atomic mass is 127. The van der Waals surface area contributed by atoms with Crippen LogP contribution >= 0.6 is 22.6 Å². The van der Waals surface area contributed by atoms with Crippen molar-refractivity contribution in [3.63, 3.8) is 0 Å². The lowest BCUT2D eigenvalue weighted by Crippen LogP contribution is -2.00. The summed E-state index contributed by atoms with van der Waals surface area (Å²) in [6.45, 7) is 4.44. The van der Waals surface area contributed by atoms with Gasteiger partial charge in [-0.2, -0.15) is 0 Å². The van der Waals surface area contributed by atoms with E-state index in [1.807, 2.05) is 25.1 Å². The monoisotopic (exact) mass is 336 g/mol. The van der Waals surface area contributed by atoms with Crippen LogP contribution in [0.4, 0.5) is 4.39 Å². The Kier molecular flexibility index (Phi) is 6.09. The molecule has 0 fully saturated rings. The van der Waals surface area contributed by atoms with Crippen molar-refractivity contribution < 1.29 is 9.13 Å². The van der Waals surface area contributed by atoms with E-state index in [4.69, 9.17) is 4.74 Å². The van der Waals surface area contributed by atoms with Crippen LogP contribution in [0.25, 0.3) is 0 Å². The second kappa shape index (κ2) is 7.09. The van der Waals surface area contributed by atoms with Crippen LogP contribution in [0.2, 0.25) is 0 Å². The number of hydrogen-bond donors (Lipinski definition) is 0. The first kappa shape index (κ1) is 13.7. The summed E-state index contributed by atoms with van der Waals surface area (Å²) in [7, 11) is 0. The Bertz CT molecular complexity index is 328. The summed E-state index contributed by atoms with van der Waals surface area (Å²) in [6.07, 6.45) is 2.18. The molecule has 1 aromatic carbocycles. The third-order valence-electron chi connectivity index (χ3n) is 2.46. The first-order valence-corrected chi connectivity index (χ1v) is 6.74. The lowest BCUT2D eigenvalue weighted by atomic mass is 10.0. The van der Waals surface area contributed by atoms with Crippen LogP contribution < -0.4 is 4.74 Å². The Balaban J connectivity index is 2.73. The van der Waals surface area contributed by atoms with Gasteiger partial charge in [0.2, 0.25) is 0 Å². The van der Waals surface area contributed by atoms with Crippen LogP contribution in [0.1, 0.15) is 38.2 Å². The van der Waals surface area contributed by atoms with E-state index in [-0.39, 0.29) is 12.6 Å². The van der Waals surface area contributed by atoms with Gasteiger partial charge < -0.3 is 4.74 Å². The highest BCUT2D eigenvalue weighted by Crippen LogP contribution is 2.24. The summed E-state index contributed by atoms with van der Waals surface area (Å²) in [5, 5.41) is 0. The average molecular weight is 336 g/mol. The van der Waals surface area contributed by atoms with Crippen LogP contribution in [-0.2, 0) is 0 Å². The molecule has 0 bridgehead atoms. The van der Waals surface area contributed by atoms with E-state index in [1.165, 1.54) is 0 Å². The molecular weight excluding hydrogens is 318 g/mol. The minimum Gasteiger partial charge on any atom is -0.494 e. The minimum atomic E-state index is -0.325. The summed E-state index contributed by atoms with van der Waals surface area (Å²) < 4.78 is 19.3. The van der Waals surface area contributed by atoms with Gasteiger partial charge in [0, 0.05) is 9.49 Å². The summed E-state index contributed by atoms with van der Waals surface area (Å²) >= 11 is 2.24. The largest absolute Gasteiger partial charge is 0.494 e. The average Bonchev–Trinajstić information content (AvgIpc) is 2.27. The van der Waals surface area contributed by atoms with E-state index < -0.39 is 0 Å². The molecule has 0 aliphatic carbocycles. The smallest absolute Gasteiger partial charge is 0.120 e. The van der Waals surface area contributed by atoms with Gasteiger partial charge in [-0.25, -0.2) is 0 Å². The molecule has 3 heteroatoms. The molecule has 16 heavy (non-hydrogen) atoms. The first-order chi connectivity index (χ1) is 7.67. The van der Waals surface area contributed by atoms with E-state index >= 15 is 0 Å². The summed E-state index contributed by atoms with van der Waals surface area (Å²) in [4.78, 5) is 0. The number of benzene rings is 1.